The molecule has 1 heteroatoms. The minimum absolute atomic E-state index is 1.01. The van der Waals surface area contributed by atoms with Crippen molar-refractivity contribution >= 4 is 10.9 Å². The summed E-state index contributed by atoms with van der Waals surface area (Å²) in [5, 5.41) is 1.17. The maximum absolute atomic E-state index is 4.20. The van der Waals surface area contributed by atoms with E-state index in [1.165, 1.54) is 5.39 Å². The van der Waals surface area contributed by atoms with Crippen LogP contribution < -0.4 is 0 Å². The number of fused-ring (bicyclic) bond motifs is 1. The first-order valence-corrected chi connectivity index (χ1v) is 3.53. The van der Waals surface area contributed by atoms with Gasteiger partial charge in [0.05, 0.1) is 5.52 Å². The van der Waals surface area contributed by atoms with Crippen molar-refractivity contribution in [1.82, 2.24) is 4.98 Å². The van der Waals surface area contributed by atoms with Crippen molar-refractivity contribution in [2.45, 2.75) is 0 Å². The molecule has 0 unspecified atom stereocenters. The van der Waals surface area contributed by atoms with Gasteiger partial charge in [0.2, 0.25) is 0 Å². The molecule has 0 aliphatic heterocycles. The maximum atomic E-state index is 4.20. The van der Waals surface area contributed by atoms with E-state index in [2.05, 4.69) is 11.9 Å². The van der Waals surface area contributed by atoms with Crippen LogP contribution in [0.5, 0.6) is 0 Å². The molecule has 0 aliphatic rings. The van der Waals surface area contributed by atoms with Crippen LogP contribution in [0.2, 0.25) is 0 Å². The van der Waals surface area contributed by atoms with E-state index in [4.69, 9.17) is 0 Å². The number of hydrogen-bond acceptors (Lipinski definition) is 1. The van der Waals surface area contributed by atoms with Crippen LogP contribution in [0.25, 0.3) is 10.9 Å². The smallest absolute Gasteiger partial charge is 0.0704 e. The van der Waals surface area contributed by atoms with Gasteiger partial charge in [0.25, 0.3) is 0 Å². The van der Waals surface area contributed by atoms with Gasteiger partial charge < -0.3 is 0 Å². The van der Waals surface area contributed by atoms with Crippen LogP contribution in [-0.4, -0.2) is 4.98 Å². The molecule has 0 saturated carbocycles. The molecule has 2 aromatic rings. The van der Waals surface area contributed by atoms with Crippen molar-refractivity contribution in [1.29, 1.82) is 0 Å². The summed E-state index contributed by atoms with van der Waals surface area (Å²) in [6, 6.07) is 9.98. The molecule has 2 rings (SSSR count). The summed E-state index contributed by atoms with van der Waals surface area (Å²) in [7, 11) is 0. The molecular weight excluding hydrogens is 134 g/mol. The van der Waals surface area contributed by atoms with E-state index in [-0.39, 0.29) is 0 Å². The summed E-state index contributed by atoms with van der Waals surface area (Å²) < 4.78 is 0. The highest BCUT2D eigenvalue weighted by Gasteiger charge is 1.91. The Morgan fingerprint density at radius 3 is 3.00 bits per heavy atom. The van der Waals surface area contributed by atoms with Crippen LogP contribution in [0.15, 0.2) is 36.5 Å². The average molecular weight is 142 g/mol. The van der Waals surface area contributed by atoms with E-state index < -0.39 is 0 Å². The molecule has 0 atom stereocenters. The first kappa shape index (κ1) is 6.35. The molecule has 0 saturated heterocycles. The molecule has 1 heterocycles. The Labute approximate surface area is 65.7 Å². The van der Waals surface area contributed by atoms with Crippen LogP contribution in [0, 0.1) is 6.92 Å². The van der Waals surface area contributed by atoms with Gasteiger partial charge in [-0.25, -0.2) is 0 Å². The minimum atomic E-state index is 1.01. The molecule has 1 nitrogen and oxygen atoms in total. The lowest BCUT2D eigenvalue weighted by molar-refractivity contribution is 1.41. The van der Waals surface area contributed by atoms with Gasteiger partial charge in [0.15, 0.2) is 0 Å². The molecule has 1 aromatic carbocycles. The Bertz CT molecular complexity index is 379. The molecular formula is C10H8N. The highest BCUT2D eigenvalue weighted by atomic mass is 14.6. The average Bonchev–Trinajstić information content (AvgIpc) is 2.04. The van der Waals surface area contributed by atoms with Gasteiger partial charge in [-0.3, -0.25) is 4.98 Å². The molecule has 1 radical (unpaired) electrons. The molecule has 0 amide bonds. The summed E-state index contributed by atoms with van der Waals surface area (Å²) in [6.45, 7) is 3.83. The van der Waals surface area contributed by atoms with E-state index in [1.807, 2.05) is 30.3 Å². The molecule has 0 fully saturated rings. The van der Waals surface area contributed by atoms with Gasteiger partial charge in [-0.05, 0) is 24.6 Å². The lowest BCUT2D eigenvalue weighted by Crippen LogP contribution is -1.77. The minimum Gasteiger partial charge on any atom is -0.256 e. The number of rotatable bonds is 0. The molecule has 0 aliphatic carbocycles. The number of pyridine rings is 1. The third-order valence-corrected chi connectivity index (χ3v) is 1.67. The fourth-order valence-corrected chi connectivity index (χ4v) is 1.11. The molecule has 1 aromatic heterocycles. The van der Waals surface area contributed by atoms with E-state index >= 15 is 0 Å². The van der Waals surface area contributed by atoms with Crippen LogP contribution in [-0.2, 0) is 0 Å². The number of hydrogen-bond donors (Lipinski definition) is 0. The molecule has 53 valence electrons. The summed E-state index contributed by atoms with van der Waals surface area (Å²) in [5.41, 5.74) is 2.02. The summed E-state index contributed by atoms with van der Waals surface area (Å²) in [4.78, 5) is 4.20. The molecule has 11 heavy (non-hydrogen) atoms. The van der Waals surface area contributed by atoms with Gasteiger partial charge in [0.1, 0.15) is 0 Å². The predicted octanol–water partition coefficient (Wildman–Crippen LogP) is 2.42. The van der Waals surface area contributed by atoms with Crippen LogP contribution in [0.1, 0.15) is 5.56 Å². The summed E-state index contributed by atoms with van der Waals surface area (Å²) in [6.07, 6.45) is 1.79. The maximum Gasteiger partial charge on any atom is 0.0704 e. The van der Waals surface area contributed by atoms with Crippen molar-refractivity contribution in [2.24, 2.45) is 0 Å². The molecule has 0 N–H and O–H groups in total. The lowest BCUT2D eigenvalue weighted by Gasteiger charge is -1.95. The van der Waals surface area contributed by atoms with Crippen LogP contribution >= 0.6 is 0 Å². The van der Waals surface area contributed by atoms with Crippen molar-refractivity contribution in [2.75, 3.05) is 0 Å². The van der Waals surface area contributed by atoms with Crippen LogP contribution in [0.3, 0.4) is 0 Å². The van der Waals surface area contributed by atoms with Crippen molar-refractivity contribution in [3.8, 4) is 0 Å². The Morgan fingerprint density at radius 1 is 1.18 bits per heavy atom. The predicted molar refractivity (Wildman–Crippen MR) is 46.2 cm³/mol. The van der Waals surface area contributed by atoms with Crippen molar-refractivity contribution < 1.29 is 0 Å². The fraction of sp³-hybridized carbons (Fsp3) is 0. The van der Waals surface area contributed by atoms with E-state index in [0.29, 0.717) is 0 Å². The monoisotopic (exact) mass is 142 g/mol. The topological polar surface area (TPSA) is 12.9 Å². The van der Waals surface area contributed by atoms with Gasteiger partial charge >= 0.3 is 0 Å². The third-order valence-electron chi connectivity index (χ3n) is 1.67. The third kappa shape index (κ3) is 1.09. The van der Waals surface area contributed by atoms with Crippen molar-refractivity contribution in [3.05, 3.63) is 49.0 Å². The summed E-state index contributed by atoms with van der Waals surface area (Å²) >= 11 is 0. The normalized spacial score (nSPS) is 10.3. The summed E-state index contributed by atoms with van der Waals surface area (Å²) in [5.74, 6) is 0. The second-order valence-electron chi connectivity index (χ2n) is 2.53. The zero-order valence-corrected chi connectivity index (χ0v) is 6.12. The zero-order valence-electron chi connectivity index (χ0n) is 6.12. The standard InChI is InChI=1S/C10H8N/c1-8-4-5-9-3-2-6-11-10(9)7-8/h2-7H,1H2. The first-order valence-electron chi connectivity index (χ1n) is 3.53. The lowest BCUT2D eigenvalue weighted by atomic mass is 10.1. The quantitative estimate of drug-likeness (QED) is 0.550. The van der Waals surface area contributed by atoms with E-state index in [9.17, 15) is 0 Å². The van der Waals surface area contributed by atoms with Gasteiger partial charge in [-0.1, -0.05) is 18.2 Å². The number of nitrogens with zero attached hydrogens (tertiary/aromatic N) is 1. The Balaban J connectivity index is 2.83. The highest BCUT2D eigenvalue weighted by Crippen LogP contribution is 2.11. The van der Waals surface area contributed by atoms with Gasteiger partial charge in [-0.2, -0.15) is 0 Å². The molecule has 0 bridgehead atoms. The zero-order chi connectivity index (χ0) is 7.68. The van der Waals surface area contributed by atoms with Gasteiger partial charge in [-0.15, -0.1) is 0 Å². The highest BCUT2D eigenvalue weighted by molar-refractivity contribution is 5.78. The van der Waals surface area contributed by atoms with Gasteiger partial charge in [0, 0.05) is 11.6 Å². The first-order chi connectivity index (χ1) is 5.36. The molecule has 0 spiro atoms. The van der Waals surface area contributed by atoms with Crippen molar-refractivity contribution in [3.63, 3.8) is 0 Å². The van der Waals surface area contributed by atoms with E-state index in [0.717, 1.165) is 11.1 Å². The second-order valence-corrected chi connectivity index (χ2v) is 2.53. The van der Waals surface area contributed by atoms with Crippen LogP contribution in [0.4, 0.5) is 0 Å². The number of benzene rings is 1. The fourth-order valence-electron chi connectivity index (χ4n) is 1.11. The SMILES string of the molecule is [CH2]c1ccc2cccnc2c1. The number of aromatic nitrogens is 1. The second kappa shape index (κ2) is 2.35. The Kier molecular flexibility index (Phi) is 1.35. The largest absolute Gasteiger partial charge is 0.256 e. The Morgan fingerprint density at radius 2 is 2.09 bits per heavy atom. The van der Waals surface area contributed by atoms with E-state index in [1.54, 1.807) is 6.20 Å². The Hall–Kier alpha value is -1.37.